The molecule has 0 unspecified atom stereocenters. The van der Waals surface area contributed by atoms with Gasteiger partial charge in [0.05, 0.1) is 22.8 Å². The van der Waals surface area contributed by atoms with Gasteiger partial charge >= 0.3 is 0 Å². The molecule has 0 spiro atoms. The number of rotatable bonds is 10. The van der Waals surface area contributed by atoms with Gasteiger partial charge in [-0.2, -0.15) is 0 Å². The maximum atomic E-state index is 5.18. The molecule has 0 N–H and O–H groups in total. The molecule has 0 saturated carbocycles. The van der Waals surface area contributed by atoms with Gasteiger partial charge < -0.3 is 0 Å². The summed E-state index contributed by atoms with van der Waals surface area (Å²) in [5.74, 6) is 0. The highest BCUT2D eigenvalue weighted by Crippen LogP contribution is 2.39. The predicted molar refractivity (Wildman–Crippen MR) is 276 cm³/mol. The van der Waals surface area contributed by atoms with E-state index in [2.05, 4.69) is 267 Å². The summed E-state index contributed by atoms with van der Waals surface area (Å²) in [5, 5.41) is 0. The van der Waals surface area contributed by atoms with E-state index in [0.29, 0.717) is 0 Å². The summed E-state index contributed by atoms with van der Waals surface area (Å²) in [7, 11) is 0. The summed E-state index contributed by atoms with van der Waals surface area (Å²) in [4.78, 5) is 10.4. The van der Waals surface area contributed by atoms with Crippen molar-refractivity contribution in [1.82, 2.24) is 9.97 Å². The monoisotopic (exact) mass is 840 g/mol. The summed E-state index contributed by atoms with van der Waals surface area (Å²) >= 11 is 0. The molecule has 0 aliphatic heterocycles. The van der Waals surface area contributed by atoms with Crippen LogP contribution in [0.3, 0.4) is 0 Å². The second-order valence-electron chi connectivity index (χ2n) is 16.6. The fraction of sp³-hybridized carbons (Fsp3) is 0. The highest BCUT2D eigenvalue weighted by Gasteiger charge is 2.15. The smallest absolute Gasteiger partial charge is 0.0715 e. The third-order valence-electron chi connectivity index (χ3n) is 12.2. The molecule has 2 aromatic heterocycles. The van der Waals surface area contributed by atoms with Gasteiger partial charge in [-0.25, -0.2) is 9.97 Å². The molecule has 0 aliphatic carbocycles. The quantitative estimate of drug-likeness (QED) is 0.137. The Morgan fingerprint density at radius 1 is 0.136 bits per heavy atom. The molecular formula is C64H44N2. The van der Waals surface area contributed by atoms with Crippen LogP contribution in [-0.2, 0) is 0 Å². The van der Waals surface area contributed by atoms with E-state index in [0.717, 1.165) is 101 Å². The first-order valence-electron chi connectivity index (χ1n) is 22.5. The van der Waals surface area contributed by atoms with Crippen molar-refractivity contribution in [3.8, 4) is 112 Å². The van der Waals surface area contributed by atoms with Crippen LogP contribution in [0.2, 0.25) is 0 Å². The average Bonchev–Trinajstić information content (AvgIpc) is 3.42. The highest BCUT2D eigenvalue weighted by molar-refractivity contribution is 5.87. The molecule has 0 amide bonds. The zero-order valence-electron chi connectivity index (χ0n) is 36.3. The Morgan fingerprint density at radius 3 is 0.530 bits per heavy atom. The Bertz CT molecular complexity index is 3060. The summed E-state index contributed by atoms with van der Waals surface area (Å²) in [6.45, 7) is 0. The first kappa shape index (κ1) is 40.1. The lowest BCUT2D eigenvalue weighted by Crippen LogP contribution is -1.93. The minimum atomic E-state index is 0.944. The Balaban J connectivity index is 1.03. The van der Waals surface area contributed by atoms with Gasteiger partial charge in [0.25, 0.3) is 0 Å². The largest absolute Gasteiger partial charge is 0.248 e. The molecule has 11 aromatic rings. The van der Waals surface area contributed by atoms with Crippen LogP contribution in [0.5, 0.6) is 0 Å². The third kappa shape index (κ3) is 8.64. The SMILES string of the molecule is c1ccc(-c2cc(-c3ccc(-c4cc(-c5ccccc5)cc(-c5cc(-c6ccccc6)nc(-c6ccccc6)c5)c4)cc3)cc(-c3cc(-c4ccccc4)nc(-c4ccccc4)c3)c2)cc1. The van der Waals surface area contributed by atoms with Crippen LogP contribution in [0.25, 0.3) is 112 Å². The van der Waals surface area contributed by atoms with Crippen LogP contribution in [0.4, 0.5) is 0 Å². The number of hydrogen-bond donors (Lipinski definition) is 0. The van der Waals surface area contributed by atoms with Crippen molar-refractivity contribution >= 4 is 0 Å². The predicted octanol–water partition coefficient (Wildman–Crippen LogP) is 17.1. The van der Waals surface area contributed by atoms with Crippen molar-refractivity contribution in [2.75, 3.05) is 0 Å². The van der Waals surface area contributed by atoms with E-state index in [1.807, 2.05) is 0 Å². The van der Waals surface area contributed by atoms with E-state index in [9.17, 15) is 0 Å². The lowest BCUT2D eigenvalue weighted by molar-refractivity contribution is 1.32. The lowest BCUT2D eigenvalue weighted by Gasteiger charge is -2.15. The molecule has 9 aromatic carbocycles. The molecule has 0 radical (unpaired) electrons. The normalized spacial score (nSPS) is 11.0. The highest BCUT2D eigenvalue weighted by atomic mass is 14.7. The minimum Gasteiger partial charge on any atom is -0.248 e. The molecule has 0 atom stereocenters. The molecule has 66 heavy (non-hydrogen) atoms. The van der Waals surface area contributed by atoms with Gasteiger partial charge in [0.15, 0.2) is 0 Å². The van der Waals surface area contributed by atoms with E-state index in [4.69, 9.17) is 9.97 Å². The Hall–Kier alpha value is -8.72. The summed E-state index contributed by atoms with van der Waals surface area (Å²) in [5.41, 5.74) is 21.9. The molecule has 0 bridgehead atoms. The number of benzene rings is 9. The zero-order valence-corrected chi connectivity index (χ0v) is 36.3. The van der Waals surface area contributed by atoms with Gasteiger partial charge in [-0.15, -0.1) is 0 Å². The van der Waals surface area contributed by atoms with Crippen molar-refractivity contribution < 1.29 is 0 Å². The molecule has 11 rings (SSSR count). The van der Waals surface area contributed by atoms with Crippen LogP contribution < -0.4 is 0 Å². The standard InChI is InChI=1S/C64H44N2/c1-7-19-45(20-8-1)53-35-55(39-57(37-53)59-41-61(49-23-11-3-12-24-49)65-62(42-59)50-25-13-4-14-26-50)47-31-33-48(34-32-47)56-36-54(46-21-9-2-10-22-46)38-58(40-56)60-43-63(51-27-15-5-16-28-51)66-64(44-60)52-29-17-6-18-30-52/h1-44H. The van der Waals surface area contributed by atoms with Gasteiger partial charge in [0.1, 0.15) is 0 Å². The third-order valence-corrected chi connectivity index (χ3v) is 12.2. The van der Waals surface area contributed by atoms with E-state index < -0.39 is 0 Å². The van der Waals surface area contributed by atoms with E-state index in [-0.39, 0.29) is 0 Å². The van der Waals surface area contributed by atoms with Crippen molar-refractivity contribution in [2.24, 2.45) is 0 Å². The van der Waals surface area contributed by atoms with Crippen molar-refractivity contribution in [3.05, 3.63) is 267 Å². The number of pyridine rings is 2. The zero-order chi connectivity index (χ0) is 44.1. The molecule has 0 aliphatic rings. The van der Waals surface area contributed by atoms with Crippen LogP contribution in [-0.4, -0.2) is 9.97 Å². The average molecular weight is 841 g/mol. The van der Waals surface area contributed by atoms with Gasteiger partial charge in [-0.1, -0.05) is 206 Å². The second-order valence-corrected chi connectivity index (χ2v) is 16.6. The molecule has 2 heteroatoms. The summed E-state index contributed by atoms with van der Waals surface area (Å²) < 4.78 is 0. The second kappa shape index (κ2) is 18.2. The van der Waals surface area contributed by atoms with E-state index in [1.54, 1.807) is 0 Å². The van der Waals surface area contributed by atoms with Crippen LogP contribution in [0.15, 0.2) is 267 Å². The lowest BCUT2D eigenvalue weighted by atomic mass is 9.90. The molecule has 0 saturated heterocycles. The Kier molecular flexibility index (Phi) is 11.0. The summed E-state index contributed by atoms with van der Waals surface area (Å²) in [6, 6.07) is 95.1. The Labute approximate surface area is 386 Å². The Morgan fingerprint density at radius 2 is 0.303 bits per heavy atom. The molecule has 2 nitrogen and oxygen atoms in total. The van der Waals surface area contributed by atoms with Crippen LogP contribution in [0, 0.1) is 0 Å². The molecular weight excluding hydrogens is 797 g/mol. The van der Waals surface area contributed by atoms with Gasteiger partial charge in [0, 0.05) is 22.3 Å². The van der Waals surface area contributed by atoms with Crippen molar-refractivity contribution in [1.29, 1.82) is 0 Å². The molecule has 0 fully saturated rings. The van der Waals surface area contributed by atoms with Gasteiger partial charge in [-0.05, 0) is 127 Å². The van der Waals surface area contributed by atoms with Gasteiger partial charge in [0.2, 0.25) is 0 Å². The first-order valence-corrected chi connectivity index (χ1v) is 22.5. The van der Waals surface area contributed by atoms with Crippen LogP contribution >= 0.6 is 0 Å². The summed E-state index contributed by atoms with van der Waals surface area (Å²) in [6.07, 6.45) is 0. The number of aromatic nitrogens is 2. The van der Waals surface area contributed by atoms with Gasteiger partial charge in [-0.3, -0.25) is 0 Å². The topological polar surface area (TPSA) is 25.8 Å². The number of hydrogen-bond acceptors (Lipinski definition) is 2. The fourth-order valence-electron chi connectivity index (χ4n) is 8.79. The molecule has 2 heterocycles. The molecule has 310 valence electrons. The van der Waals surface area contributed by atoms with E-state index in [1.165, 1.54) is 11.1 Å². The first-order chi connectivity index (χ1) is 32.7. The fourth-order valence-corrected chi connectivity index (χ4v) is 8.79. The van der Waals surface area contributed by atoms with Crippen LogP contribution in [0.1, 0.15) is 0 Å². The maximum Gasteiger partial charge on any atom is 0.0715 e. The minimum absolute atomic E-state index is 0.944. The van der Waals surface area contributed by atoms with Crippen molar-refractivity contribution in [3.63, 3.8) is 0 Å². The van der Waals surface area contributed by atoms with Crippen molar-refractivity contribution in [2.45, 2.75) is 0 Å². The van der Waals surface area contributed by atoms with E-state index >= 15 is 0 Å². The maximum absolute atomic E-state index is 5.18. The number of nitrogens with zero attached hydrogens (tertiary/aromatic N) is 2.